The van der Waals surface area contributed by atoms with Crippen LogP contribution in [-0.4, -0.2) is 34.5 Å². The first-order valence-corrected chi connectivity index (χ1v) is 8.15. The first-order chi connectivity index (χ1) is 12.4. The fourth-order valence-corrected chi connectivity index (χ4v) is 2.97. The Bertz CT molecular complexity index is 902. The van der Waals surface area contributed by atoms with Crippen molar-refractivity contribution in [2.75, 3.05) is 6.54 Å². The monoisotopic (exact) mass is 372 g/mol. The number of carbonyl (C=O) groups is 4. The maximum atomic E-state index is 12.1. The second-order valence-electron chi connectivity index (χ2n) is 5.17. The second-order valence-corrected chi connectivity index (χ2v) is 6.16. The van der Waals surface area contributed by atoms with Gasteiger partial charge in [-0.2, -0.15) is 0 Å². The molecule has 1 aromatic heterocycles. The van der Waals surface area contributed by atoms with E-state index in [4.69, 9.17) is 14.9 Å². The highest BCUT2D eigenvalue weighted by atomic mass is 32.2. The summed E-state index contributed by atoms with van der Waals surface area (Å²) in [6.07, 6.45) is 2.87. The summed E-state index contributed by atoms with van der Waals surface area (Å²) in [7, 11) is 0. The molecule has 2 aromatic rings. The number of nitrogens with zero attached hydrogens (tertiary/aromatic N) is 1. The lowest BCUT2D eigenvalue weighted by molar-refractivity contribution is -0.127. The molecule has 26 heavy (non-hydrogen) atoms. The molecule has 3 amide bonds. The Kier molecular flexibility index (Phi) is 4.90. The second kappa shape index (κ2) is 7.28. The van der Waals surface area contributed by atoms with E-state index in [0.717, 1.165) is 16.7 Å². The van der Waals surface area contributed by atoms with E-state index in [0.29, 0.717) is 11.3 Å². The van der Waals surface area contributed by atoms with Crippen molar-refractivity contribution >= 4 is 40.9 Å². The van der Waals surface area contributed by atoms with E-state index < -0.39 is 29.6 Å². The average Bonchev–Trinajstić information content (AvgIpc) is 3.22. The van der Waals surface area contributed by atoms with Crippen molar-refractivity contribution in [3.05, 3.63) is 58.9 Å². The van der Waals surface area contributed by atoms with Crippen LogP contribution in [0.1, 0.15) is 16.1 Å². The minimum absolute atomic E-state index is 0.0807. The number of nitrogens with two attached hydrogens (primary N) is 1. The van der Waals surface area contributed by atoms with Gasteiger partial charge >= 0.3 is 5.97 Å². The molecule has 0 radical (unpaired) electrons. The smallest absolute Gasteiger partial charge is 0.379 e. The number of imide groups is 1. The molecule has 0 aliphatic carbocycles. The molecule has 3 rings (SSSR count). The Labute approximate surface area is 151 Å². The van der Waals surface area contributed by atoms with Crippen LogP contribution < -0.4 is 10.5 Å². The normalized spacial score (nSPS) is 15.5. The zero-order chi connectivity index (χ0) is 18.7. The van der Waals surface area contributed by atoms with E-state index in [1.54, 1.807) is 30.3 Å². The van der Waals surface area contributed by atoms with Gasteiger partial charge in [-0.25, -0.2) is 4.79 Å². The molecule has 1 fully saturated rings. The van der Waals surface area contributed by atoms with Gasteiger partial charge in [0, 0.05) is 0 Å². The number of thioether (sulfide) groups is 1. The predicted molar refractivity (Wildman–Crippen MR) is 92.0 cm³/mol. The Morgan fingerprint density at radius 2 is 1.92 bits per heavy atom. The molecule has 2 N–H and O–H groups in total. The summed E-state index contributed by atoms with van der Waals surface area (Å²) >= 11 is 0.725. The van der Waals surface area contributed by atoms with E-state index in [1.165, 1.54) is 18.4 Å². The standard InChI is InChI=1S/C17H12N2O6S/c18-14(20)9-19-15(21)13(26-17(19)23)8-10-3-5-11(6-4-10)25-16(22)12-2-1-7-24-12/h1-8H,9H2,(H2,18,20)/b13-8-. The van der Waals surface area contributed by atoms with E-state index >= 15 is 0 Å². The summed E-state index contributed by atoms with van der Waals surface area (Å²) in [5, 5.41) is -0.552. The van der Waals surface area contributed by atoms with Crippen molar-refractivity contribution in [3.63, 3.8) is 0 Å². The summed E-state index contributed by atoms with van der Waals surface area (Å²) in [6, 6.07) is 9.38. The molecule has 8 nitrogen and oxygen atoms in total. The third-order valence-electron chi connectivity index (χ3n) is 3.30. The van der Waals surface area contributed by atoms with Crippen molar-refractivity contribution in [2.45, 2.75) is 0 Å². The first kappa shape index (κ1) is 17.5. The topological polar surface area (TPSA) is 120 Å². The number of rotatable bonds is 5. The highest BCUT2D eigenvalue weighted by Crippen LogP contribution is 2.32. The Morgan fingerprint density at radius 1 is 1.19 bits per heavy atom. The number of furan rings is 1. The van der Waals surface area contributed by atoms with Gasteiger partial charge < -0.3 is 14.9 Å². The third-order valence-corrected chi connectivity index (χ3v) is 4.21. The molecule has 1 saturated heterocycles. The number of hydrogen-bond donors (Lipinski definition) is 1. The number of esters is 1. The number of amides is 3. The molecule has 0 bridgehead atoms. The molecule has 1 aromatic carbocycles. The van der Waals surface area contributed by atoms with Crippen LogP contribution in [0.5, 0.6) is 5.75 Å². The van der Waals surface area contributed by atoms with Gasteiger partial charge in [-0.05, 0) is 47.7 Å². The van der Waals surface area contributed by atoms with Crippen molar-refractivity contribution < 1.29 is 28.3 Å². The van der Waals surface area contributed by atoms with Gasteiger partial charge in [0.25, 0.3) is 11.1 Å². The van der Waals surface area contributed by atoms with Crippen LogP contribution in [0, 0.1) is 0 Å². The van der Waals surface area contributed by atoms with Crippen LogP contribution in [-0.2, 0) is 9.59 Å². The lowest BCUT2D eigenvalue weighted by Gasteiger charge is -2.08. The zero-order valence-corrected chi connectivity index (χ0v) is 14.0. The summed E-state index contributed by atoms with van der Waals surface area (Å²) in [5.74, 6) is -1.60. The molecule has 2 heterocycles. The summed E-state index contributed by atoms with van der Waals surface area (Å²) < 4.78 is 10.1. The first-order valence-electron chi connectivity index (χ1n) is 7.33. The highest BCUT2D eigenvalue weighted by Gasteiger charge is 2.35. The maximum absolute atomic E-state index is 12.1. The van der Waals surface area contributed by atoms with E-state index in [-0.39, 0.29) is 10.7 Å². The quantitative estimate of drug-likeness (QED) is 0.484. The molecule has 0 unspecified atom stereocenters. The van der Waals surface area contributed by atoms with Gasteiger partial charge in [0.2, 0.25) is 11.7 Å². The lowest BCUT2D eigenvalue weighted by atomic mass is 10.2. The fourth-order valence-electron chi connectivity index (χ4n) is 2.13. The summed E-state index contributed by atoms with van der Waals surface area (Å²) in [4.78, 5) is 47.6. The molecule has 1 aliphatic heterocycles. The number of ether oxygens (including phenoxy) is 1. The zero-order valence-electron chi connectivity index (χ0n) is 13.2. The van der Waals surface area contributed by atoms with Crippen LogP contribution in [0.4, 0.5) is 4.79 Å². The van der Waals surface area contributed by atoms with Gasteiger partial charge in [-0.1, -0.05) is 12.1 Å². The van der Waals surface area contributed by atoms with Gasteiger partial charge in [0.1, 0.15) is 12.3 Å². The fraction of sp³-hybridized carbons (Fsp3) is 0.0588. The molecule has 0 saturated carbocycles. The van der Waals surface area contributed by atoms with Crippen molar-refractivity contribution in [1.29, 1.82) is 0 Å². The van der Waals surface area contributed by atoms with E-state index in [1.807, 2.05) is 0 Å². The van der Waals surface area contributed by atoms with Crippen LogP contribution in [0.2, 0.25) is 0 Å². The van der Waals surface area contributed by atoms with Gasteiger partial charge in [0.05, 0.1) is 11.2 Å². The van der Waals surface area contributed by atoms with E-state index in [9.17, 15) is 19.2 Å². The third kappa shape index (κ3) is 3.83. The summed E-state index contributed by atoms with van der Waals surface area (Å²) in [5.41, 5.74) is 5.64. The van der Waals surface area contributed by atoms with Crippen LogP contribution in [0.3, 0.4) is 0 Å². The van der Waals surface area contributed by atoms with Crippen LogP contribution >= 0.6 is 11.8 Å². The number of benzene rings is 1. The van der Waals surface area contributed by atoms with Crippen molar-refractivity contribution in [2.24, 2.45) is 5.73 Å². The SMILES string of the molecule is NC(=O)CN1C(=O)S/C(=C\c2ccc(OC(=O)c3ccco3)cc2)C1=O. The van der Waals surface area contributed by atoms with Gasteiger partial charge in [-0.3, -0.25) is 19.3 Å². The number of hydrogen-bond acceptors (Lipinski definition) is 7. The van der Waals surface area contributed by atoms with Crippen molar-refractivity contribution in [3.8, 4) is 5.75 Å². The Hall–Kier alpha value is -3.33. The molecule has 0 spiro atoms. The van der Waals surface area contributed by atoms with Crippen LogP contribution in [0.15, 0.2) is 52.0 Å². The largest absolute Gasteiger partial charge is 0.457 e. The number of carbonyl (C=O) groups excluding carboxylic acids is 4. The Balaban J connectivity index is 1.70. The molecular formula is C17H12N2O6S. The van der Waals surface area contributed by atoms with Gasteiger partial charge in [-0.15, -0.1) is 0 Å². The lowest BCUT2D eigenvalue weighted by Crippen LogP contribution is -2.36. The van der Waals surface area contributed by atoms with E-state index in [2.05, 4.69) is 0 Å². The Morgan fingerprint density at radius 3 is 2.54 bits per heavy atom. The minimum Gasteiger partial charge on any atom is -0.457 e. The van der Waals surface area contributed by atoms with Gasteiger partial charge in [0.15, 0.2) is 0 Å². The minimum atomic E-state index is -0.767. The van der Waals surface area contributed by atoms with Crippen molar-refractivity contribution in [1.82, 2.24) is 4.90 Å². The maximum Gasteiger partial charge on any atom is 0.379 e. The average molecular weight is 372 g/mol. The van der Waals surface area contributed by atoms with Crippen LogP contribution in [0.25, 0.3) is 6.08 Å². The predicted octanol–water partition coefficient (Wildman–Crippen LogP) is 2.02. The molecular weight excluding hydrogens is 360 g/mol. The highest BCUT2D eigenvalue weighted by molar-refractivity contribution is 8.18. The molecule has 1 aliphatic rings. The summed E-state index contributed by atoms with van der Waals surface area (Å²) in [6.45, 7) is -0.455. The number of primary amides is 1. The molecule has 132 valence electrons. The molecule has 0 atom stereocenters. The molecule has 9 heteroatoms.